The summed E-state index contributed by atoms with van der Waals surface area (Å²) in [5.41, 5.74) is 21.1. The van der Waals surface area contributed by atoms with Crippen LogP contribution in [0.25, 0.3) is 10.9 Å². The number of H-pyrrole nitrogens is 1. The average molecular weight is 1560 g/mol. The average Bonchev–Trinajstić information content (AvgIpc) is 1.70. The number of benzene rings is 3. The van der Waals surface area contributed by atoms with Crippen LogP contribution < -0.4 is 86.7 Å². The molecular weight excluding hydrogens is 1460 g/mol. The van der Waals surface area contributed by atoms with E-state index in [1.54, 1.807) is 68.4 Å². The molecule has 4 aromatic rings. The molecule has 4 rings (SSSR count). The Morgan fingerprint density at radius 3 is 1.43 bits per heavy atom. The number of aliphatic hydroxyl groups excluding tert-OH is 1. The minimum atomic E-state index is -2.09. The SMILES string of the molecule is CC(=O)N[C@@H](CS)C(=O)N[C@@H](CCC(N)=O)C(=O)N[C@H](C(=O)N[C@@H](Cc1c[nH]c2ccccc12)C(=O)N[C@@H](CCC(N)=O)C(=O)N[C@@H](CS)C(=O)N[C@@H](Cc1ccc(O)cc1)C(=O)N[C@@](C)(Cc1ccccc1)C(=O)N[C@@H](CCC(C)C)C(=O)N[C@@H](CCC(=O)O)C(=O)N[C@@H](CC(N)=O)C(=O)NCC(N)=O)[C@@H](C)O. The summed E-state index contributed by atoms with van der Waals surface area (Å²) in [6.07, 6.45) is -5.33. The lowest BCUT2D eigenvalue weighted by Gasteiger charge is -2.34. The van der Waals surface area contributed by atoms with E-state index in [4.69, 9.17) is 22.9 Å². The van der Waals surface area contributed by atoms with Gasteiger partial charge in [-0.15, -0.1) is 0 Å². The first-order chi connectivity index (χ1) is 51.3. The van der Waals surface area contributed by atoms with Gasteiger partial charge in [-0.05, 0) is 86.8 Å². The molecule has 0 radical (unpaired) electrons. The number of fused-ring (bicyclic) bond motifs is 1. The molecule has 0 aliphatic heterocycles. The Balaban J connectivity index is 1.72. The lowest BCUT2D eigenvalue weighted by molar-refractivity contribution is -0.139. The maximum absolute atomic E-state index is 15.2. The molecule has 0 saturated heterocycles. The number of para-hydroxylation sites is 1. The fraction of sp³-hybridized carbons (Fsp3) is 0.471. The van der Waals surface area contributed by atoms with Crippen LogP contribution in [0.4, 0.5) is 0 Å². The Morgan fingerprint density at radius 2 is 0.927 bits per heavy atom. The van der Waals surface area contributed by atoms with Crippen molar-refractivity contribution < 1.29 is 96.8 Å². The van der Waals surface area contributed by atoms with E-state index in [0.29, 0.717) is 27.6 Å². The molecule has 0 bridgehead atoms. The molecule has 12 atom stereocenters. The molecule has 0 unspecified atom stereocenters. The van der Waals surface area contributed by atoms with Gasteiger partial charge in [0.05, 0.1) is 19.1 Å². The smallest absolute Gasteiger partial charge is 0.303 e. The molecule has 37 nitrogen and oxygen atoms in total. The minimum Gasteiger partial charge on any atom is -0.508 e. The number of phenols is 1. The monoisotopic (exact) mass is 1560 g/mol. The van der Waals surface area contributed by atoms with E-state index in [1.165, 1.54) is 37.4 Å². The quantitative estimate of drug-likeness (QED) is 0.0185. The van der Waals surface area contributed by atoms with Crippen LogP contribution in [-0.4, -0.2) is 211 Å². The number of hydrogen-bond acceptors (Lipinski definition) is 21. The summed E-state index contributed by atoms with van der Waals surface area (Å²) < 4.78 is 0. The van der Waals surface area contributed by atoms with Crippen LogP contribution in [0.3, 0.4) is 0 Å². The second kappa shape index (κ2) is 44.1. The van der Waals surface area contributed by atoms with Crippen LogP contribution in [0.2, 0.25) is 0 Å². The standard InChI is InChI=1S/C70H97N17O20S2/c1-35(2)15-20-47(62(100)78-46(23-26-57(95)96)60(98)82-50(29-55(73)93)59(97)76-32-56(74)94)85-69(107)70(5,30-39-11-7-6-8-12-39)87-67(105)48(27-38-16-18-41(90)19-17-38)81-66(104)52(34-109)84-61(99)44(21-24-53(71)91)79-64(102)49(28-40-31-75-43-14-10-9-13-42(40)43)83-68(106)58(36(3)88)86-63(101)45(22-25-54(72)92)80-65(103)51(33-108)77-37(4)89/h6-14,16-19,31,35-36,44-52,58,75,88,90,108-109H,15,20-30,32-34H2,1-5H3,(H2,71,91)(H2,72,92)(H2,73,93)(H2,74,94)(H,76,97)(H,77,89)(H,78,100)(H,79,102)(H,80,103)(H,81,104)(H,82,98)(H,83,106)(H,84,99)(H,85,107)(H,86,101)(H,87,105)(H,95,96)/t36-,44+,45+,46+,47+,48+,49+,50+,51+,52+,58+,70+/m1/s1. The summed E-state index contributed by atoms with van der Waals surface area (Å²) >= 11 is 8.43. The number of carboxylic acid groups (broad SMARTS) is 1. The number of phenolic OH excluding ortho intramolecular Hbond substituents is 1. The van der Waals surface area contributed by atoms with Crippen LogP contribution in [0.15, 0.2) is 85.1 Å². The molecule has 0 aliphatic carbocycles. The molecule has 3 aromatic carbocycles. The number of nitrogens with two attached hydrogens (primary N) is 4. The largest absolute Gasteiger partial charge is 0.508 e. The van der Waals surface area contributed by atoms with Gasteiger partial charge in [0.25, 0.3) is 0 Å². The second-order valence-corrected chi connectivity index (χ2v) is 27.2. The van der Waals surface area contributed by atoms with Gasteiger partial charge >= 0.3 is 5.97 Å². The molecule has 594 valence electrons. The van der Waals surface area contributed by atoms with Crippen molar-refractivity contribution in [1.29, 1.82) is 0 Å². The zero-order valence-corrected chi connectivity index (χ0v) is 62.4. The molecular formula is C70H97N17O20S2. The highest BCUT2D eigenvalue weighted by Gasteiger charge is 2.42. The van der Waals surface area contributed by atoms with Crippen molar-refractivity contribution in [3.8, 4) is 5.75 Å². The Bertz CT molecular complexity index is 3920. The first kappa shape index (κ1) is 90.0. The number of primary amides is 4. The van der Waals surface area contributed by atoms with Gasteiger partial charge in [0.2, 0.25) is 94.5 Å². The number of carboxylic acids is 1. The van der Waals surface area contributed by atoms with Crippen molar-refractivity contribution >= 4 is 137 Å². The zero-order valence-electron chi connectivity index (χ0n) is 60.6. The van der Waals surface area contributed by atoms with Crippen molar-refractivity contribution in [3.63, 3.8) is 0 Å². The molecule has 0 aliphatic rings. The third-order valence-corrected chi connectivity index (χ3v) is 17.6. The molecule has 24 N–H and O–H groups in total. The predicted octanol–water partition coefficient (Wildman–Crippen LogP) is -4.81. The lowest BCUT2D eigenvalue weighted by Crippen LogP contribution is -2.65. The number of hydrogen-bond donors (Lipinski definition) is 22. The summed E-state index contributed by atoms with van der Waals surface area (Å²) in [7, 11) is 0. The molecule has 16 amide bonds. The van der Waals surface area contributed by atoms with Crippen LogP contribution in [-0.2, 0) is 101 Å². The predicted molar refractivity (Wildman–Crippen MR) is 399 cm³/mol. The summed E-state index contributed by atoms with van der Waals surface area (Å²) in [5, 5.41) is 60.8. The topological polar surface area (TPSA) is 615 Å². The molecule has 39 heteroatoms. The maximum Gasteiger partial charge on any atom is 0.303 e. The Hall–Kier alpha value is -11.3. The number of aromatic hydroxyl groups is 1. The first-order valence-electron chi connectivity index (χ1n) is 34.6. The number of carbonyl (C=O) groups excluding carboxylic acids is 16. The number of aromatic nitrogens is 1. The Morgan fingerprint density at radius 1 is 0.468 bits per heavy atom. The summed E-state index contributed by atoms with van der Waals surface area (Å²) in [6, 6.07) is 3.63. The van der Waals surface area contributed by atoms with Gasteiger partial charge in [-0.1, -0.05) is 74.5 Å². The van der Waals surface area contributed by atoms with E-state index in [1.807, 2.05) is 0 Å². The van der Waals surface area contributed by atoms with Gasteiger partial charge in [-0.3, -0.25) is 81.5 Å². The Labute approximate surface area is 637 Å². The number of nitrogens with one attached hydrogen (secondary N) is 13. The van der Waals surface area contributed by atoms with E-state index >= 15 is 9.59 Å². The van der Waals surface area contributed by atoms with Crippen molar-refractivity contribution in [2.75, 3.05) is 18.1 Å². The van der Waals surface area contributed by atoms with Gasteiger partial charge in [0.1, 0.15) is 71.7 Å². The van der Waals surface area contributed by atoms with Crippen LogP contribution in [0, 0.1) is 5.92 Å². The Kier molecular flexibility index (Phi) is 36.4. The van der Waals surface area contributed by atoms with E-state index < -0.39 is 230 Å². The van der Waals surface area contributed by atoms with Crippen LogP contribution in [0.1, 0.15) is 109 Å². The molecule has 0 spiro atoms. The summed E-state index contributed by atoms with van der Waals surface area (Å²) in [4.78, 5) is 232. The van der Waals surface area contributed by atoms with E-state index in [0.717, 1.165) is 13.8 Å². The number of aromatic amines is 1. The van der Waals surface area contributed by atoms with Gasteiger partial charge < -0.3 is 107 Å². The first-order valence-corrected chi connectivity index (χ1v) is 35.8. The minimum absolute atomic E-state index is 0.128. The lowest BCUT2D eigenvalue weighted by atomic mass is 9.90. The van der Waals surface area contributed by atoms with E-state index in [2.05, 4.69) is 94.0 Å². The van der Waals surface area contributed by atoms with Crippen molar-refractivity contribution in [2.24, 2.45) is 28.9 Å². The number of rotatable bonds is 47. The molecule has 0 fully saturated rings. The number of thiol groups is 2. The normalized spacial score (nSPS) is 14.7. The fourth-order valence-electron chi connectivity index (χ4n) is 11.0. The highest BCUT2D eigenvalue weighted by Crippen LogP contribution is 2.22. The van der Waals surface area contributed by atoms with Gasteiger partial charge in [-0.25, -0.2) is 0 Å². The molecule has 1 aromatic heterocycles. The highest BCUT2D eigenvalue weighted by atomic mass is 32.1. The maximum atomic E-state index is 15.2. The number of amides is 16. The molecule has 0 saturated carbocycles. The third-order valence-electron chi connectivity index (χ3n) is 16.8. The van der Waals surface area contributed by atoms with Crippen molar-refractivity contribution in [3.05, 3.63) is 102 Å². The summed E-state index contributed by atoms with van der Waals surface area (Å²) in [6.45, 7) is 6.43. The number of aliphatic carboxylic acids is 1. The number of aliphatic hydroxyl groups is 1. The van der Waals surface area contributed by atoms with Gasteiger partial charge in [0.15, 0.2) is 0 Å². The van der Waals surface area contributed by atoms with Crippen molar-refractivity contribution in [1.82, 2.24) is 68.8 Å². The summed E-state index contributed by atoms with van der Waals surface area (Å²) in [5.74, 6) is -19.0. The zero-order chi connectivity index (χ0) is 81.4. The van der Waals surface area contributed by atoms with Gasteiger partial charge in [0, 0.05) is 74.1 Å². The van der Waals surface area contributed by atoms with Gasteiger partial charge in [-0.2, -0.15) is 25.3 Å². The van der Waals surface area contributed by atoms with Crippen LogP contribution >= 0.6 is 25.3 Å². The second-order valence-electron chi connectivity index (χ2n) is 26.5. The van der Waals surface area contributed by atoms with Crippen LogP contribution in [0.5, 0.6) is 5.75 Å². The third kappa shape index (κ3) is 30.8. The number of carbonyl (C=O) groups is 17. The van der Waals surface area contributed by atoms with E-state index in [-0.39, 0.29) is 49.5 Å². The van der Waals surface area contributed by atoms with E-state index in [9.17, 15) is 87.2 Å². The molecule has 1 heterocycles. The highest BCUT2D eigenvalue weighted by molar-refractivity contribution is 7.80. The van der Waals surface area contributed by atoms with Crippen molar-refractivity contribution in [2.45, 2.75) is 184 Å². The fourth-order valence-corrected chi connectivity index (χ4v) is 11.5. The molecule has 109 heavy (non-hydrogen) atoms.